The van der Waals surface area contributed by atoms with Crippen molar-refractivity contribution in [3.63, 3.8) is 0 Å². The Labute approximate surface area is 151 Å². The molecule has 1 saturated carbocycles. The van der Waals surface area contributed by atoms with Crippen molar-refractivity contribution in [1.29, 1.82) is 0 Å². The second-order valence-electron chi connectivity index (χ2n) is 6.96. The zero-order valence-corrected chi connectivity index (χ0v) is 15.5. The third-order valence-corrected chi connectivity index (χ3v) is 5.96. The van der Waals surface area contributed by atoms with Crippen molar-refractivity contribution in [3.05, 3.63) is 28.2 Å². The summed E-state index contributed by atoms with van der Waals surface area (Å²) in [7, 11) is 0. The Bertz CT molecular complexity index is 641. The molecule has 1 unspecified atom stereocenters. The number of anilines is 1. The summed E-state index contributed by atoms with van der Waals surface area (Å²) in [5.41, 5.74) is 7.84. The summed E-state index contributed by atoms with van der Waals surface area (Å²) in [4.78, 5) is 26.6. The van der Waals surface area contributed by atoms with E-state index >= 15 is 0 Å². The Balaban J connectivity index is 1.61. The van der Waals surface area contributed by atoms with Crippen molar-refractivity contribution in [3.8, 4) is 0 Å². The van der Waals surface area contributed by atoms with Crippen LogP contribution in [0.5, 0.6) is 0 Å². The van der Waals surface area contributed by atoms with E-state index in [-0.39, 0.29) is 36.2 Å². The number of aryl methyl sites for hydroxylation is 1. The van der Waals surface area contributed by atoms with Crippen molar-refractivity contribution in [1.82, 2.24) is 5.32 Å². The zero-order chi connectivity index (χ0) is 17.3. The molecule has 1 heterocycles. The van der Waals surface area contributed by atoms with Gasteiger partial charge in [0.15, 0.2) is 0 Å². The highest BCUT2D eigenvalue weighted by Gasteiger charge is 2.36. The number of nitrogens with two attached hydrogens (primary N) is 1. The van der Waals surface area contributed by atoms with Crippen LogP contribution in [0.25, 0.3) is 0 Å². The van der Waals surface area contributed by atoms with Gasteiger partial charge in [-0.05, 0) is 56.4 Å². The molecule has 0 bridgehead atoms. The molecule has 1 atom stereocenters. The summed E-state index contributed by atoms with van der Waals surface area (Å²) < 4.78 is 1.02. The van der Waals surface area contributed by atoms with Gasteiger partial charge in [-0.1, -0.05) is 15.9 Å². The lowest BCUT2D eigenvalue weighted by Gasteiger charge is -2.27. The van der Waals surface area contributed by atoms with E-state index in [0.29, 0.717) is 6.54 Å². The third-order valence-electron chi connectivity index (χ3n) is 5.07. The van der Waals surface area contributed by atoms with Crippen molar-refractivity contribution < 1.29 is 9.59 Å². The Morgan fingerprint density at radius 1 is 1.29 bits per heavy atom. The Kier molecular flexibility index (Phi) is 5.25. The van der Waals surface area contributed by atoms with Gasteiger partial charge in [0.05, 0.1) is 5.92 Å². The lowest BCUT2D eigenvalue weighted by atomic mass is 9.91. The quantitative estimate of drug-likeness (QED) is 0.827. The number of halogens is 1. The van der Waals surface area contributed by atoms with Crippen LogP contribution < -0.4 is 16.0 Å². The van der Waals surface area contributed by atoms with E-state index < -0.39 is 0 Å². The van der Waals surface area contributed by atoms with Crippen LogP contribution in [0.4, 0.5) is 5.69 Å². The van der Waals surface area contributed by atoms with E-state index in [0.717, 1.165) is 41.4 Å². The van der Waals surface area contributed by atoms with Gasteiger partial charge < -0.3 is 16.0 Å². The fraction of sp³-hybridized carbons (Fsp3) is 0.556. The summed E-state index contributed by atoms with van der Waals surface area (Å²) in [6.45, 7) is 2.45. The second-order valence-corrected chi connectivity index (χ2v) is 7.81. The van der Waals surface area contributed by atoms with Crippen LogP contribution in [0, 0.1) is 12.8 Å². The molecule has 2 amide bonds. The molecule has 0 radical (unpaired) electrons. The molecule has 3 rings (SSSR count). The zero-order valence-electron chi connectivity index (χ0n) is 13.9. The number of nitrogens with one attached hydrogen (secondary N) is 1. The van der Waals surface area contributed by atoms with Crippen molar-refractivity contribution in [2.24, 2.45) is 11.7 Å². The minimum Gasteiger partial charge on any atom is -0.353 e. The van der Waals surface area contributed by atoms with Gasteiger partial charge in [-0.15, -0.1) is 0 Å². The van der Waals surface area contributed by atoms with E-state index in [2.05, 4.69) is 21.2 Å². The molecule has 0 spiro atoms. The average molecular weight is 394 g/mol. The molecule has 2 fully saturated rings. The number of hydrogen-bond acceptors (Lipinski definition) is 3. The highest BCUT2D eigenvalue weighted by Crippen LogP contribution is 2.29. The molecule has 3 N–H and O–H groups in total. The summed E-state index contributed by atoms with van der Waals surface area (Å²) >= 11 is 3.47. The molecule has 5 nitrogen and oxygen atoms in total. The maximum atomic E-state index is 12.5. The van der Waals surface area contributed by atoms with Gasteiger partial charge in [0.1, 0.15) is 0 Å². The van der Waals surface area contributed by atoms with E-state index in [9.17, 15) is 9.59 Å². The monoisotopic (exact) mass is 393 g/mol. The van der Waals surface area contributed by atoms with Gasteiger partial charge in [0, 0.05) is 35.2 Å². The van der Waals surface area contributed by atoms with Crippen LogP contribution in [0.1, 0.15) is 37.7 Å². The van der Waals surface area contributed by atoms with E-state index in [1.807, 2.05) is 25.1 Å². The Morgan fingerprint density at radius 3 is 2.67 bits per heavy atom. The van der Waals surface area contributed by atoms with Gasteiger partial charge in [-0.2, -0.15) is 0 Å². The predicted molar refractivity (Wildman–Crippen MR) is 97.7 cm³/mol. The number of amides is 2. The third kappa shape index (κ3) is 3.81. The number of hydrogen-bond donors (Lipinski definition) is 2. The molecule has 0 aromatic heterocycles. The molecule has 1 aromatic rings. The van der Waals surface area contributed by atoms with Crippen LogP contribution in [0.2, 0.25) is 0 Å². The maximum Gasteiger partial charge on any atom is 0.227 e. The molecule has 1 aliphatic carbocycles. The fourth-order valence-corrected chi connectivity index (χ4v) is 3.76. The van der Waals surface area contributed by atoms with Crippen LogP contribution in [-0.2, 0) is 9.59 Å². The lowest BCUT2D eigenvalue weighted by Crippen LogP contribution is -2.43. The Morgan fingerprint density at radius 2 is 2.00 bits per heavy atom. The first-order valence-electron chi connectivity index (χ1n) is 8.56. The lowest BCUT2D eigenvalue weighted by molar-refractivity contribution is -0.127. The number of benzene rings is 1. The fourth-order valence-electron chi connectivity index (χ4n) is 3.51. The largest absolute Gasteiger partial charge is 0.353 e. The number of carbonyl (C=O) groups is 2. The molecule has 2 aliphatic rings. The first-order chi connectivity index (χ1) is 11.4. The van der Waals surface area contributed by atoms with Gasteiger partial charge in [0.2, 0.25) is 11.8 Å². The van der Waals surface area contributed by atoms with Crippen LogP contribution in [0.15, 0.2) is 22.7 Å². The second kappa shape index (κ2) is 7.23. The van der Waals surface area contributed by atoms with Crippen molar-refractivity contribution in [2.75, 3.05) is 11.4 Å². The standard InChI is InChI=1S/C18H24BrN3O2/c1-11-8-15(6-7-16(11)19)22-10-12(9-17(22)23)18(24)21-14-4-2-13(20)3-5-14/h6-8,12-14H,2-5,9-10,20H2,1H3,(H,21,24). The van der Waals surface area contributed by atoms with E-state index in [1.54, 1.807) is 4.90 Å². The maximum absolute atomic E-state index is 12.5. The van der Waals surface area contributed by atoms with Gasteiger partial charge in [-0.3, -0.25) is 9.59 Å². The van der Waals surface area contributed by atoms with Crippen molar-refractivity contribution >= 4 is 33.4 Å². The summed E-state index contributed by atoms with van der Waals surface area (Å²) in [6.07, 6.45) is 4.07. The highest BCUT2D eigenvalue weighted by molar-refractivity contribution is 9.10. The van der Waals surface area contributed by atoms with E-state index in [1.165, 1.54) is 0 Å². The normalized spacial score (nSPS) is 27.4. The number of rotatable bonds is 3. The van der Waals surface area contributed by atoms with E-state index in [4.69, 9.17) is 5.73 Å². The van der Waals surface area contributed by atoms with Gasteiger partial charge >= 0.3 is 0 Å². The van der Waals surface area contributed by atoms with Crippen LogP contribution >= 0.6 is 15.9 Å². The first kappa shape index (κ1) is 17.4. The SMILES string of the molecule is Cc1cc(N2CC(C(=O)NC3CCC(N)CC3)CC2=O)ccc1Br. The minimum absolute atomic E-state index is 0.000144. The highest BCUT2D eigenvalue weighted by atomic mass is 79.9. The molecule has 1 saturated heterocycles. The first-order valence-corrected chi connectivity index (χ1v) is 9.36. The van der Waals surface area contributed by atoms with Crippen LogP contribution in [0.3, 0.4) is 0 Å². The summed E-state index contributed by atoms with van der Waals surface area (Å²) in [6, 6.07) is 6.30. The molecular formula is C18H24BrN3O2. The molecular weight excluding hydrogens is 370 g/mol. The minimum atomic E-state index is -0.267. The number of nitrogens with zero attached hydrogens (tertiary/aromatic N) is 1. The molecule has 130 valence electrons. The molecule has 6 heteroatoms. The predicted octanol–water partition coefficient (Wildman–Crippen LogP) is 2.50. The summed E-state index contributed by atoms with van der Waals surface area (Å²) in [5, 5.41) is 3.11. The van der Waals surface area contributed by atoms with Gasteiger partial charge in [0.25, 0.3) is 0 Å². The van der Waals surface area contributed by atoms with Crippen molar-refractivity contribution in [2.45, 2.75) is 51.1 Å². The van der Waals surface area contributed by atoms with Crippen LogP contribution in [-0.4, -0.2) is 30.4 Å². The number of carbonyl (C=O) groups excluding carboxylic acids is 2. The summed E-state index contributed by atoms with van der Waals surface area (Å²) in [5.74, 6) is -0.250. The molecule has 24 heavy (non-hydrogen) atoms. The topological polar surface area (TPSA) is 75.4 Å². The molecule has 1 aromatic carbocycles. The van der Waals surface area contributed by atoms with Gasteiger partial charge in [-0.25, -0.2) is 0 Å². The molecule has 1 aliphatic heterocycles. The average Bonchev–Trinajstić information content (AvgIpc) is 2.94. The Hall–Kier alpha value is -1.40. The smallest absolute Gasteiger partial charge is 0.227 e.